The lowest BCUT2D eigenvalue weighted by Crippen LogP contribution is -2.28. The highest BCUT2D eigenvalue weighted by molar-refractivity contribution is 7.80. The Morgan fingerprint density at radius 1 is 1.42 bits per heavy atom. The molecule has 0 radical (unpaired) electrons. The number of anilines is 1. The van der Waals surface area contributed by atoms with Crippen LogP contribution in [0.3, 0.4) is 0 Å². The maximum absolute atomic E-state index is 12.4. The fourth-order valence-electron chi connectivity index (χ4n) is 1.66. The molecular weight excluding hydrogens is 280 g/mol. The van der Waals surface area contributed by atoms with Crippen molar-refractivity contribution in [2.75, 3.05) is 11.9 Å². The molecule has 0 aliphatic heterocycles. The molecule has 0 aliphatic carbocycles. The topological polar surface area (TPSA) is 72.1 Å². The van der Waals surface area contributed by atoms with Gasteiger partial charge in [0.2, 0.25) is 0 Å². The van der Waals surface area contributed by atoms with Crippen LogP contribution in [0, 0.1) is 6.92 Å². The number of thiocarbonyl (C=S) groups is 1. The SMILES string of the molecule is Cc1nnsc1C(=O)N(C)c1ccccc1C(N)=S. The highest BCUT2D eigenvalue weighted by atomic mass is 32.1. The molecule has 0 spiro atoms. The Hall–Kier alpha value is -1.86. The number of para-hydroxylation sites is 1. The average Bonchev–Trinajstić information content (AvgIpc) is 2.83. The van der Waals surface area contributed by atoms with Crippen molar-refractivity contribution in [1.82, 2.24) is 9.59 Å². The molecule has 0 fully saturated rings. The fraction of sp³-hybridized carbons (Fsp3) is 0.167. The van der Waals surface area contributed by atoms with Crippen LogP contribution < -0.4 is 10.6 Å². The van der Waals surface area contributed by atoms with Crippen LogP contribution in [0.5, 0.6) is 0 Å². The number of aromatic nitrogens is 2. The van der Waals surface area contributed by atoms with Crippen molar-refractivity contribution in [3.63, 3.8) is 0 Å². The number of benzene rings is 1. The second-order valence-electron chi connectivity index (χ2n) is 3.93. The van der Waals surface area contributed by atoms with E-state index in [0.717, 1.165) is 11.5 Å². The zero-order chi connectivity index (χ0) is 14.0. The highest BCUT2D eigenvalue weighted by Gasteiger charge is 2.21. The van der Waals surface area contributed by atoms with E-state index in [2.05, 4.69) is 9.59 Å². The molecule has 1 heterocycles. The fourth-order valence-corrected chi connectivity index (χ4v) is 2.47. The number of carbonyl (C=O) groups is 1. The average molecular weight is 292 g/mol. The van der Waals surface area contributed by atoms with Gasteiger partial charge in [0.15, 0.2) is 0 Å². The Bertz CT molecular complexity index is 638. The molecule has 98 valence electrons. The van der Waals surface area contributed by atoms with Gasteiger partial charge < -0.3 is 10.6 Å². The molecule has 2 N–H and O–H groups in total. The summed E-state index contributed by atoms with van der Waals surface area (Å²) in [6.45, 7) is 1.75. The first-order chi connectivity index (χ1) is 9.02. The van der Waals surface area contributed by atoms with Gasteiger partial charge in [-0.3, -0.25) is 4.79 Å². The van der Waals surface area contributed by atoms with Crippen molar-refractivity contribution in [2.24, 2.45) is 5.73 Å². The van der Waals surface area contributed by atoms with Crippen molar-refractivity contribution in [1.29, 1.82) is 0 Å². The summed E-state index contributed by atoms with van der Waals surface area (Å²) in [7, 11) is 1.68. The first-order valence-electron chi connectivity index (χ1n) is 5.48. The molecular formula is C12H12N4OS2. The van der Waals surface area contributed by atoms with Crippen LogP contribution in [0.1, 0.15) is 20.9 Å². The van der Waals surface area contributed by atoms with Gasteiger partial charge in [-0.15, -0.1) is 5.10 Å². The monoisotopic (exact) mass is 292 g/mol. The van der Waals surface area contributed by atoms with E-state index in [9.17, 15) is 4.79 Å². The standard InChI is InChI=1S/C12H12N4OS2/c1-7-10(19-15-14-7)12(17)16(2)9-6-4-3-5-8(9)11(13)18/h3-6H,1-2H3,(H2,13,18). The predicted octanol–water partition coefficient (Wildman–Crippen LogP) is 1.76. The molecule has 1 aromatic heterocycles. The van der Waals surface area contributed by atoms with Gasteiger partial charge in [-0.2, -0.15) is 0 Å². The van der Waals surface area contributed by atoms with Crippen molar-refractivity contribution >= 4 is 40.3 Å². The number of carbonyl (C=O) groups excluding carboxylic acids is 1. The molecule has 0 saturated heterocycles. The summed E-state index contributed by atoms with van der Waals surface area (Å²) < 4.78 is 3.77. The van der Waals surface area contributed by atoms with E-state index in [1.165, 1.54) is 4.90 Å². The lowest BCUT2D eigenvalue weighted by molar-refractivity contribution is 0.0996. The van der Waals surface area contributed by atoms with Crippen molar-refractivity contribution in [3.8, 4) is 0 Å². The minimum atomic E-state index is -0.170. The second-order valence-corrected chi connectivity index (χ2v) is 5.13. The van der Waals surface area contributed by atoms with Gasteiger partial charge in [-0.1, -0.05) is 28.8 Å². The van der Waals surface area contributed by atoms with Crippen molar-refractivity contribution in [3.05, 3.63) is 40.4 Å². The van der Waals surface area contributed by atoms with Crippen LogP contribution in [-0.2, 0) is 0 Å². The molecule has 0 aliphatic rings. The Balaban J connectivity index is 2.40. The summed E-state index contributed by atoms with van der Waals surface area (Å²) in [5.41, 5.74) is 7.64. The van der Waals surface area contributed by atoms with Crippen molar-refractivity contribution in [2.45, 2.75) is 6.92 Å². The van der Waals surface area contributed by atoms with E-state index in [4.69, 9.17) is 18.0 Å². The molecule has 0 unspecified atom stereocenters. The third-order valence-electron chi connectivity index (χ3n) is 2.68. The number of aryl methyl sites for hydroxylation is 1. The first kappa shape index (κ1) is 13.6. The number of hydrogen-bond acceptors (Lipinski definition) is 5. The van der Waals surface area contributed by atoms with E-state index in [1.54, 1.807) is 26.1 Å². The zero-order valence-electron chi connectivity index (χ0n) is 10.5. The van der Waals surface area contributed by atoms with E-state index < -0.39 is 0 Å². The van der Waals surface area contributed by atoms with Crippen LogP contribution in [0.25, 0.3) is 0 Å². The summed E-state index contributed by atoms with van der Waals surface area (Å²) in [6, 6.07) is 7.25. The summed E-state index contributed by atoms with van der Waals surface area (Å²) in [6.07, 6.45) is 0. The maximum Gasteiger partial charge on any atom is 0.271 e. The number of nitrogens with two attached hydrogens (primary N) is 1. The van der Waals surface area contributed by atoms with E-state index in [-0.39, 0.29) is 10.9 Å². The van der Waals surface area contributed by atoms with Crippen molar-refractivity contribution < 1.29 is 4.79 Å². The maximum atomic E-state index is 12.4. The lowest BCUT2D eigenvalue weighted by atomic mass is 10.1. The molecule has 1 amide bonds. The van der Waals surface area contributed by atoms with Crippen LogP contribution in [0.15, 0.2) is 24.3 Å². The first-order valence-corrected chi connectivity index (χ1v) is 6.66. The van der Waals surface area contributed by atoms with Gasteiger partial charge in [0.25, 0.3) is 5.91 Å². The Morgan fingerprint density at radius 3 is 2.68 bits per heavy atom. The summed E-state index contributed by atoms with van der Waals surface area (Å²) in [5, 5.41) is 3.84. The zero-order valence-corrected chi connectivity index (χ0v) is 12.1. The normalized spacial score (nSPS) is 10.2. The number of hydrogen-bond donors (Lipinski definition) is 1. The minimum Gasteiger partial charge on any atom is -0.389 e. The number of nitrogens with zero attached hydrogens (tertiary/aromatic N) is 3. The summed E-state index contributed by atoms with van der Waals surface area (Å²) in [5.74, 6) is -0.170. The summed E-state index contributed by atoms with van der Waals surface area (Å²) >= 11 is 6.08. The van der Waals surface area contributed by atoms with Gasteiger partial charge in [0.1, 0.15) is 9.87 Å². The van der Waals surface area contributed by atoms with E-state index in [0.29, 0.717) is 21.8 Å². The Morgan fingerprint density at radius 2 is 2.11 bits per heavy atom. The van der Waals surface area contributed by atoms with Gasteiger partial charge >= 0.3 is 0 Å². The largest absolute Gasteiger partial charge is 0.389 e. The van der Waals surface area contributed by atoms with Gasteiger partial charge in [-0.25, -0.2) is 0 Å². The van der Waals surface area contributed by atoms with Gasteiger partial charge in [-0.05, 0) is 30.6 Å². The molecule has 7 heteroatoms. The van der Waals surface area contributed by atoms with Gasteiger partial charge in [0, 0.05) is 12.6 Å². The number of amides is 1. The Labute approximate surface area is 120 Å². The molecule has 2 rings (SSSR count). The third-order valence-corrected chi connectivity index (χ3v) is 3.72. The lowest BCUT2D eigenvalue weighted by Gasteiger charge is -2.19. The molecule has 19 heavy (non-hydrogen) atoms. The van der Waals surface area contributed by atoms with Crippen LogP contribution in [0.2, 0.25) is 0 Å². The van der Waals surface area contributed by atoms with Gasteiger partial charge in [0.05, 0.1) is 11.4 Å². The Kier molecular flexibility index (Phi) is 3.87. The quantitative estimate of drug-likeness (QED) is 0.873. The smallest absolute Gasteiger partial charge is 0.271 e. The molecule has 2 aromatic rings. The number of rotatable bonds is 3. The molecule has 5 nitrogen and oxygen atoms in total. The van der Waals surface area contributed by atoms with E-state index in [1.807, 2.05) is 12.1 Å². The minimum absolute atomic E-state index is 0.170. The van der Waals surface area contributed by atoms with Crippen LogP contribution >= 0.6 is 23.8 Å². The third kappa shape index (κ3) is 2.61. The van der Waals surface area contributed by atoms with Crippen LogP contribution in [-0.4, -0.2) is 27.5 Å². The highest BCUT2D eigenvalue weighted by Crippen LogP contribution is 2.22. The molecule has 0 bridgehead atoms. The molecule has 0 saturated carbocycles. The second kappa shape index (κ2) is 5.41. The van der Waals surface area contributed by atoms with E-state index >= 15 is 0 Å². The molecule has 1 aromatic carbocycles. The molecule has 0 atom stereocenters. The predicted molar refractivity (Wildman–Crippen MR) is 79.7 cm³/mol. The van der Waals surface area contributed by atoms with Crippen LogP contribution in [0.4, 0.5) is 5.69 Å². The summed E-state index contributed by atoms with van der Waals surface area (Å²) in [4.78, 5) is 14.7.